The van der Waals surface area contributed by atoms with Crippen LogP contribution < -0.4 is 11.1 Å². The summed E-state index contributed by atoms with van der Waals surface area (Å²) < 4.78 is 0. The van der Waals surface area contributed by atoms with Crippen LogP contribution in [0.3, 0.4) is 0 Å². The monoisotopic (exact) mass is 331 g/mol. The zero-order valence-corrected chi connectivity index (χ0v) is 14.8. The zero-order chi connectivity index (χ0) is 17.6. The van der Waals surface area contributed by atoms with E-state index in [1.54, 1.807) is 0 Å². The molecule has 3 nitrogen and oxygen atoms in total. The molecule has 3 N–H and O–H groups in total. The van der Waals surface area contributed by atoms with Gasteiger partial charge in [-0.1, -0.05) is 66.7 Å². The SMILES string of the molecule is C=C(C1=C(/N=C(\N)Cc2ccccc2)CCNC1)c1ccc(C)cc1. The van der Waals surface area contributed by atoms with Crippen LogP contribution in [0.25, 0.3) is 5.57 Å². The van der Waals surface area contributed by atoms with Crippen molar-refractivity contribution in [3.05, 3.63) is 89.1 Å². The van der Waals surface area contributed by atoms with Crippen LogP contribution in [0.2, 0.25) is 0 Å². The van der Waals surface area contributed by atoms with Crippen LogP contribution in [0.4, 0.5) is 0 Å². The van der Waals surface area contributed by atoms with E-state index in [4.69, 9.17) is 10.7 Å². The Kier molecular flexibility index (Phi) is 5.46. The average molecular weight is 331 g/mol. The molecule has 0 aromatic heterocycles. The van der Waals surface area contributed by atoms with Crippen molar-refractivity contribution >= 4 is 11.4 Å². The van der Waals surface area contributed by atoms with Crippen LogP contribution in [0.1, 0.15) is 23.1 Å². The van der Waals surface area contributed by atoms with Gasteiger partial charge in [-0.2, -0.15) is 0 Å². The van der Waals surface area contributed by atoms with E-state index in [9.17, 15) is 0 Å². The van der Waals surface area contributed by atoms with Gasteiger partial charge in [0.1, 0.15) is 5.84 Å². The highest BCUT2D eigenvalue weighted by Gasteiger charge is 2.16. The van der Waals surface area contributed by atoms with Crippen LogP contribution >= 0.6 is 0 Å². The minimum absolute atomic E-state index is 0.650. The van der Waals surface area contributed by atoms with E-state index in [2.05, 4.69) is 55.2 Å². The molecule has 128 valence electrons. The standard InChI is InChI=1S/C22H25N3/c1-16-8-10-19(11-9-16)17(2)20-15-24-13-12-21(20)25-22(23)14-18-6-4-3-5-7-18/h3-11,24H,2,12-15H2,1H3,(H2,23,25). The predicted molar refractivity (Wildman–Crippen MR) is 106 cm³/mol. The van der Waals surface area contributed by atoms with Gasteiger partial charge < -0.3 is 11.1 Å². The normalized spacial score (nSPS) is 15.3. The quantitative estimate of drug-likeness (QED) is 0.646. The minimum atomic E-state index is 0.650. The molecule has 2 aromatic carbocycles. The summed E-state index contributed by atoms with van der Waals surface area (Å²) in [4.78, 5) is 4.75. The highest BCUT2D eigenvalue weighted by Crippen LogP contribution is 2.27. The summed E-state index contributed by atoms with van der Waals surface area (Å²) in [6.45, 7) is 8.10. The summed E-state index contributed by atoms with van der Waals surface area (Å²) >= 11 is 0. The average Bonchev–Trinajstić information content (AvgIpc) is 2.63. The molecule has 1 aliphatic heterocycles. The third-order valence-corrected chi connectivity index (χ3v) is 4.46. The first-order valence-electron chi connectivity index (χ1n) is 8.69. The zero-order valence-electron chi connectivity index (χ0n) is 14.8. The number of hydrogen-bond donors (Lipinski definition) is 2. The Bertz CT molecular complexity index is 799. The lowest BCUT2D eigenvalue weighted by Gasteiger charge is -2.21. The fourth-order valence-electron chi connectivity index (χ4n) is 3.02. The lowest BCUT2D eigenvalue weighted by molar-refractivity contribution is 0.683. The van der Waals surface area contributed by atoms with Gasteiger partial charge in [0.25, 0.3) is 0 Å². The fraction of sp³-hybridized carbons (Fsp3) is 0.227. The van der Waals surface area contributed by atoms with E-state index < -0.39 is 0 Å². The maximum atomic E-state index is 6.22. The summed E-state index contributed by atoms with van der Waals surface area (Å²) in [5.74, 6) is 0.650. The Morgan fingerprint density at radius 1 is 1.12 bits per heavy atom. The fourth-order valence-corrected chi connectivity index (χ4v) is 3.02. The Morgan fingerprint density at radius 3 is 2.56 bits per heavy atom. The van der Waals surface area contributed by atoms with Gasteiger partial charge >= 0.3 is 0 Å². The first kappa shape index (κ1) is 17.2. The van der Waals surface area contributed by atoms with E-state index in [1.807, 2.05) is 18.2 Å². The van der Waals surface area contributed by atoms with Crippen molar-refractivity contribution in [1.82, 2.24) is 5.32 Å². The van der Waals surface area contributed by atoms with Crippen LogP contribution in [-0.4, -0.2) is 18.9 Å². The molecule has 0 amide bonds. The van der Waals surface area contributed by atoms with Crippen molar-refractivity contribution in [2.45, 2.75) is 19.8 Å². The lowest BCUT2D eigenvalue weighted by atomic mass is 9.94. The Morgan fingerprint density at radius 2 is 1.84 bits per heavy atom. The number of nitrogens with one attached hydrogen (secondary N) is 1. The molecule has 0 radical (unpaired) electrons. The topological polar surface area (TPSA) is 50.4 Å². The van der Waals surface area contributed by atoms with Gasteiger partial charge in [0, 0.05) is 31.6 Å². The molecule has 25 heavy (non-hydrogen) atoms. The first-order chi connectivity index (χ1) is 12.1. The molecule has 0 fully saturated rings. The van der Waals surface area contributed by atoms with E-state index in [0.29, 0.717) is 12.3 Å². The molecule has 1 heterocycles. The number of amidine groups is 1. The molecule has 3 heteroatoms. The highest BCUT2D eigenvalue weighted by molar-refractivity contribution is 5.85. The van der Waals surface area contributed by atoms with Crippen molar-refractivity contribution in [3.8, 4) is 0 Å². The molecule has 2 aromatic rings. The molecule has 0 bridgehead atoms. The number of nitrogens with two attached hydrogens (primary N) is 1. The number of hydrogen-bond acceptors (Lipinski definition) is 2. The van der Waals surface area contributed by atoms with Gasteiger partial charge in [0.15, 0.2) is 0 Å². The van der Waals surface area contributed by atoms with Gasteiger partial charge in [0.2, 0.25) is 0 Å². The summed E-state index contributed by atoms with van der Waals surface area (Å²) in [5, 5.41) is 3.42. The van der Waals surface area contributed by atoms with Gasteiger partial charge in [-0.25, -0.2) is 4.99 Å². The third kappa shape index (κ3) is 4.46. The van der Waals surface area contributed by atoms with E-state index in [-0.39, 0.29) is 0 Å². The molecule has 0 spiro atoms. The maximum absolute atomic E-state index is 6.22. The number of rotatable bonds is 5. The van der Waals surface area contributed by atoms with Crippen molar-refractivity contribution in [2.24, 2.45) is 10.7 Å². The van der Waals surface area contributed by atoms with Crippen molar-refractivity contribution < 1.29 is 0 Å². The lowest BCUT2D eigenvalue weighted by Crippen LogP contribution is -2.26. The van der Waals surface area contributed by atoms with Gasteiger partial charge in [-0.3, -0.25) is 0 Å². The molecular formula is C22H25N3. The smallest absolute Gasteiger partial charge is 0.104 e. The van der Waals surface area contributed by atoms with E-state index in [1.165, 1.54) is 11.1 Å². The highest BCUT2D eigenvalue weighted by atomic mass is 14.9. The second-order valence-electron chi connectivity index (χ2n) is 6.46. The summed E-state index contributed by atoms with van der Waals surface area (Å²) in [6.07, 6.45) is 1.54. The largest absolute Gasteiger partial charge is 0.387 e. The molecule has 0 saturated heterocycles. The predicted octanol–water partition coefficient (Wildman–Crippen LogP) is 3.86. The minimum Gasteiger partial charge on any atom is -0.387 e. The molecule has 0 aliphatic carbocycles. The van der Waals surface area contributed by atoms with E-state index >= 15 is 0 Å². The molecule has 0 atom stereocenters. The number of benzene rings is 2. The number of nitrogens with zero attached hydrogens (tertiary/aromatic N) is 1. The third-order valence-electron chi connectivity index (χ3n) is 4.46. The molecular weight excluding hydrogens is 306 g/mol. The number of aryl methyl sites for hydroxylation is 1. The molecule has 0 saturated carbocycles. The van der Waals surface area contributed by atoms with Crippen LogP contribution in [0.5, 0.6) is 0 Å². The Labute approximate surface area is 150 Å². The molecule has 0 unspecified atom stereocenters. The Balaban J connectivity index is 1.86. The van der Waals surface area contributed by atoms with E-state index in [0.717, 1.165) is 41.9 Å². The molecule has 1 aliphatic rings. The van der Waals surface area contributed by atoms with Gasteiger partial charge in [-0.05, 0) is 29.2 Å². The van der Waals surface area contributed by atoms with Crippen LogP contribution in [0, 0.1) is 6.92 Å². The molecule has 3 rings (SSSR count). The van der Waals surface area contributed by atoms with Gasteiger partial charge in [0.05, 0.1) is 0 Å². The number of aliphatic imine (C=N–C) groups is 1. The van der Waals surface area contributed by atoms with Gasteiger partial charge in [-0.15, -0.1) is 0 Å². The van der Waals surface area contributed by atoms with Crippen LogP contribution in [0.15, 0.2) is 77.4 Å². The second-order valence-corrected chi connectivity index (χ2v) is 6.46. The second kappa shape index (κ2) is 7.95. The van der Waals surface area contributed by atoms with Crippen molar-refractivity contribution in [2.75, 3.05) is 13.1 Å². The van der Waals surface area contributed by atoms with Crippen molar-refractivity contribution in [3.63, 3.8) is 0 Å². The maximum Gasteiger partial charge on any atom is 0.104 e. The summed E-state index contributed by atoms with van der Waals surface area (Å²) in [6, 6.07) is 18.7. The Hall–Kier alpha value is -2.65. The summed E-state index contributed by atoms with van der Waals surface area (Å²) in [5.41, 5.74) is 13.0. The summed E-state index contributed by atoms with van der Waals surface area (Å²) in [7, 11) is 0. The van der Waals surface area contributed by atoms with Crippen molar-refractivity contribution in [1.29, 1.82) is 0 Å². The van der Waals surface area contributed by atoms with Crippen LogP contribution in [-0.2, 0) is 6.42 Å². The first-order valence-corrected chi connectivity index (χ1v) is 8.69.